The molecule has 18 heavy (non-hydrogen) atoms. The first-order valence-corrected chi connectivity index (χ1v) is 5.91. The second kappa shape index (κ2) is 5.14. The highest BCUT2D eigenvalue weighted by Crippen LogP contribution is 2.05. The first-order valence-electron chi connectivity index (χ1n) is 5.91. The largest absolute Gasteiger partial charge is 0.326 e. The Bertz CT molecular complexity index is 617. The van der Waals surface area contributed by atoms with Gasteiger partial charge in [0.1, 0.15) is 0 Å². The maximum absolute atomic E-state index is 12.2. The Morgan fingerprint density at radius 2 is 2.06 bits per heavy atom. The number of nitrogens with two attached hydrogens (primary N) is 1. The summed E-state index contributed by atoms with van der Waals surface area (Å²) in [7, 11) is 0. The summed E-state index contributed by atoms with van der Waals surface area (Å²) in [5.41, 5.74) is 9.23. The van der Waals surface area contributed by atoms with Gasteiger partial charge in [0, 0.05) is 30.2 Å². The Labute approximate surface area is 106 Å². The zero-order chi connectivity index (χ0) is 13.1. The minimum absolute atomic E-state index is 0.0148. The number of pyridine rings is 2. The molecule has 0 fully saturated rings. The van der Waals surface area contributed by atoms with E-state index in [1.54, 1.807) is 23.0 Å². The van der Waals surface area contributed by atoms with Crippen molar-refractivity contribution in [3.63, 3.8) is 0 Å². The van der Waals surface area contributed by atoms with Gasteiger partial charge in [-0.05, 0) is 31.0 Å². The summed E-state index contributed by atoms with van der Waals surface area (Å²) >= 11 is 0. The van der Waals surface area contributed by atoms with Crippen LogP contribution in [0.25, 0.3) is 0 Å². The van der Waals surface area contributed by atoms with Crippen LogP contribution in [0.2, 0.25) is 0 Å². The summed E-state index contributed by atoms with van der Waals surface area (Å²) in [6.45, 7) is 4.71. The van der Waals surface area contributed by atoms with E-state index in [1.807, 2.05) is 26.0 Å². The van der Waals surface area contributed by atoms with Gasteiger partial charge in [-0.3, -0.25) is 9.78 Å². The average molecular weight is 243 g/mol. The van der Waals surface area contributed by atoms with Gasteiger partial charge < -0.3 is 10.3 Å². The predicted octanol–water partition coefficient (Wildman–Crippen LogP) is 1.37. The van der Waals surface area contributed by atoms with Crippen LogP contribution in [0.1, 0.15) is 22.4 Å². The lowest BCUT2D eigenvalue weighted by atomic mass is 10.2. The van der Waals surface area contributed by atoms with E-state index in [4.69, 9.17) is 5.73 Å². The molecule has 0 aromatic carbocycles. The van der Waals surface area contributed by atoms with Crippen LogP contribution in [0.3, 0.4) is 0 Å². The van der Waals surface area contributed by atoms with Crippen LogP contribution in [-0.4, -0.2) is 9.55 Å². The van der Waals surface area contributed by atoms with Crippen molar-refractivity contribution in [2.75, 3.05) is 0 Å². The van der Waals surface area contributed by atoms with Crippen molar-refractivity contribution < 1.29 is 0 Å². The average Bonchev–Trinajstić information content (AvgIpc) is 2.35. The van der Waals surface area contributed by atoms with Crippen molar-refractivity contribution in [1.82, 2.24) is 9.55 Å². The Morgan fingerprint density at radius 1 is 1.28 bits per heavy atom. The Balaban J connectivity index is 2.43. The van der Waals surface area contributed by atoms with Gasteiger partial charge in [-0.1, -0.05) is 12.1 Å². The summed E-state index contributed by atoms with van der Waals surface area (Å²) in [5, 5.41) is 0. The number of rotatable bonds is 3. The van der Waals surface area contributed by atoms with E-state index in [0.29, 0.717) is 12.1 Å². The molecule has 2 aromatic rings. The zero-order valence-corrected chi connectivity index (χ0v) is 10.7. The SMILES string of the molecule is Cc1cncc(Cn2c(C)ccc(CN)c2=O)c1. The molecule has 2 heterocycles. The maximum atomic E-state index is 12.2. The van der Waals surface area contributed by atoms with E-state index < -0.39 is 0 Å². The topological polar surface area (TPSA) is 60.9 Å². The molecule has 0 aliphatic heterocycles. The van der Waals surface area contributed by atoms with E-state index >= 15 is 0 Å². The van der Waals surface area contributed by atoms with Crippen molar-refractivity contribution in [3.05, 3.63) is 63.3 Å². The van der Waals surface area contributed by atoms with Crippen molar-refractivity contribution >= 4 is 0 Å². The molecule has 0 aliphatic rings. The Morgan fingerprint density at radius 3 is 2.72 bits per heavy atom. The summed E-state index contributed by atoms with van der Waals surface area (Å²) in [6.07, 6.45) is 3.59. The van der Waals surface area contributed by atoms with Crippen LogP contribution in [0, 0.1) is 13.8 Å². The lowest BCUT2D eigenvalue weighted by Crippen LogP contribution is -2.27. The van der Waals surface area contributed by atoms with E-state index in [9.17, 15) is 4.79 Å². The Kier molecular flexibility index (Phi) is 3.58. The molecule has 0 spiro atoms. The van der Waals surface area contributed by atoms with Crippen LogP contribution >= 0.6 is 0 Å². The molecule has 0 saturated carbocycles. The highest BCUT2D eigenvalue weighted by Gasteiger charge is 2.06. The van der Waals surface area contributed by atoms with Crippen molar-refractivity contribution in [3.8, 4) is 0 Å². The van der Waals surface area contributed by atoms with Crippen LogP contribution in [-0.2, 0) is 13.1 Å². The molecule has 94 valence electrons. The summed E-state index contributed by atoms with van der Waals surface area (Å²) in [5.74, 6) is 0. The molecule has 0 unspecified atom stereocenters. The molecule has 0 bridgehead atoms. The minimum Gasteiger partial charge on any atom is -0.326 e. The predicted molar refractivity (Wildman–Crippen MR) is 71.4 cm³/mol. The molecule has 0 aliphatic carbocycles. The number of nitrogens with zero attached hydrogens (tertiary/aromatic N) is 2. The van der Waals surface area contributed by atoms with Crippen LogP contribution in [0.4, 0.5) is 0 Å². The number of aromatic nitrogens is 2. The van der Waals surface area contributed by atoms with E-state index in [2.05, 4.69) is 4.98 Å². The lowest BCUT2D eigenvalue weighted by Gasteiger charge is -2.11. The minimum atomic E-state index is -0.0148. The molecule has 4 heteroatoms. The van der Waals surface area contributed by atoms with Crippen LogP contribution < -0.4 is 11.3 Å². The number of hydrogen-bond donors (Lipinski definition) is 1. The molecule has 0 saturated heterocycles. The molecule has 0 atom stereocenters. The van der Waals surface area contributed by atoms with Gasteiger partial charge in [0.2, 0.25) is 0 Å². The van der Waals surface area contributed by atoms with Crippen molar-refractivity contribution in [2.24, 2.45) is 5.73 Å². The lowest BCUT2D eigenvalue weighted by molar-refractivity contribution is 0.713. The first kappa shape index (κ1) is 12.5. The first-order chi connectivity index (χ1) is 8.61. The molecular formula is C14H17N3O. The third kappa shape index (κ3) is 2.49. The summed E-state index contributed by atoms with van der Waals surface area (Å²) < 4.78 is 1.73. The zero-order valence-electron chi connectivity index (χ0n) is 10.7. The van der Waals surface area contributed by atoms with Gasteiger partial charge in [0.05, 0.1) is 6.54 Å². The molecule has 2 aromatic heterocycles. The van der Waals surface area contributed by atoms with Gasteiger partial charge in [-0.25, -0.2) is 0 Å². The molecule has 0 radical (unpaired) electrons. The van der Waals surface area contributed by atoms with Crippen LogP contribution in [0.5, 0.6) is 0 Å². The molecule has 2 rings (SSSR count). The van der Waals surface area contributed by atoms with Gasteiger partial charge in [-0.2, -0.15) is 0 Å². The maximum Gasteiger partial charge on any atom is 0.255 e. The fourth-order valence-electron chi connectivity index (χ4n) is 1.95. The summed E-state index contributed by atoms with van der Waals surface area (Å²) in [4.78, 5) is 16.3. The number of aryl methyl sites for hydroxylation is 2. The fourth-order valence-corrected chi connectivity index (χ4v) is 1.95. The van der Waals surface area contributed by atoms with Crippen LogP contribution in [0.15, 0.2) is 35.4 Å². The molecule has 0 amide bonds. The third-order valence-corrected chi connectivity index (χ3v) is 2.96. The standard InChI is InChI=1S/C14H17N3O/c1-10-5-12(8-16-7-10)9-17-11(2)3-4-13(6-15)14(17)18/h3-5,7-8H,6,9,15H2,1-2H3. The van der Waals surface area contributed by atoms with Crippen molar-refractivity contribution in [1.29, 1.82) is 0 Å². The van der Waals surface area contributed by atoms with Gasteiger partial charge in [0.25, 0.3) is 5.56 Å². The fraction of sp³-hybridized carbons (Fsp3) is 0.286. The third-order valence-electron chi connectivity index (χ3n) is 2.96. The van der Waals surface area contributed by atoms with E-state index in [-0.39, 0.29) is 12.1 Å². The van der Waals surface area contributed by atoms with Crippen molar-refractivity contribution in [2.45, 2.75) is 26.9 Å². The normalized spacial score (nSPS) is 10.6. The van der Waals surface area contributed by atoms with E-state index in [0.717, 1.165) is 16.8 Å². The molecule has 2 N–H and O–H groups in total. The van der Waals surface area contributed by atoms with Gasteiger partial charge in [0.15, 0.2) is 0 Å². The molecular weight excluding hydrogens is 226 g/mol. The molecule has 4 nitrogen and oxygen atoms in total. The number of hydrogen-bond acceptors (Lipinski definition) is 3. The highest BCUT2D eigenvalue weighted by molar-refractivity contribution is 5.20. The van der Waals surface area contributed by atoms with E-state index in [1.165, 1.54) is 0 Å². The second-order valence-corrected chi connectivity index (χ2v) is 4.47. The van der Waals surface area contributed by atoms with Gasteiger partial charge >= 0.3 is 0 Å². The highest BCUT2D eigenvalue weighted by atomic mass is 16.1. The quantitative estimate of drug-likeness (QED) is 0.885. The Hall–Kier alpha value is -1.94. The second-order valence-electron chi connectivity index (χ2n) is 4.47. The monoisotopic (exact) mass is 243 g/mol. The van der Waals surface area contributed by atoms with Gasteiger partial charge in [-0.15, -0.1) is 0 Å². The summed E-state index contributed by atoms with van der Waals surface area (Å²) in [6, 6.07) is 5.75. The smallest absolute Gasteiger partial charge is 0.255 e.